The molecule has 35 heavy (non-hydrogen) atoms. The number of methoxy groups -OCH3 is 2. The highest BCUT2D eigenvalue weighted by molar-refractivity contribution is 5.00. The van der Waals surface area contributed by atoms with Crippen molar-refractivity contribution in [1.29, 1.82) is 0 Å². The zero-order valence-corrected chi connectivity index (χ0v) is 20.1. The van der Waals surface area contributed by atoms with E-state index in [1.165, 1.54) is 14.2 Å². The van der Waals surface area contributed by atoms with Crippen LogP contribution in [0.5, 0.6) is 0 Å². The lowest BCUT2D eigenvalue weighted by Crippen LogP contribution is -2.62. The Morgan fingerprint density at radius 3 is 1.97 bits per heavy atom. The van der Waals surface area contributed by atoms with Gasteiger partial charge in [-0.3, -0.25) is 0 Å². The van der Waals surface area contributed by atoms with Crippen molar-refractivity contribution in [2.45, 2.75) is 112 Å². The van der Waals surface area contributed by atoms with Crippen LogP contribution in [0.2, 0.25) is 0 Å². The van der Waals surface area contributed by atoms with E-state index in [9.17, 15) is 35.7 Å². The molecule has 2 saturated carbocycles. The van der Waals surface area contributed by atoms with Crippen LogP contribution in [0.1, 0.15) is 32.1 Å². The van der Waals surface area contributed by atoms with Gasteiger partial charge < -0.3 is 59.4 Å². The molecule has 0 aromatic rings. The molecule has 0 aromatic heterocycles. The molecule has 2 aliphatic heterocycles. The standard InChI is InChI=1S/C23H40O12/c1-31-14-3-9(4-15(32-2)18(14)27)22-16(7-11-12(26)5-10(25)6-13(11)33-22)34-23-21(30)20(29)19(28)17(8-24)35-23/h9-30H,3-8H2,1-2H3/t9?,10?,11?,12?,13?,14?,15?,16?,17-,18?,19-,20+,21-,22?,23-/m0/s1. The maximum Gasteiger partial charge on any atom is 0.187 e. The van der Waals surface area contributed by atoms with Crippen molar-refractivity contribution >= 4 is 0 Å². The van der Waals surface area contributed by atoms with Crippen molar-refractivity contribution in [2.24, 2.45) is 11.8 Å². The Hall–Kier alpha value is -0.480. The summed E-state index contributed by atoms with van der Waals surface area (Å²) in [5.74, 6) is -0.518. The second-order valence-corrected chi connectivity index (χ2v) is 10.4. The molecule has 7 N–H and O–H groups in total. The largest absolute Gasteiger partial charge is 0.394 e. The van der Waals surface area contributed by atoms with Crippen LogP contribution in [0, 0.1) is 11.8 Å². The molecule has 8 unspecified atom stereocenters. The lowest BCUT2D eigenvalue weighted by molar-refractivity contribution is -0.334. The van der Waals surface area contributed by atoms with E-state index in [1.54, 1.807) is 0 Å². The minimum absolute atomic E-state index is 0.194. The van der Waals surface area contributed by atoms with Gasteiger partial charge in [-0.2, -0.15) is 0 Å². The lowest BCUT2D eigenvalue weighted by atomic mass is 9.72. The fourth-order valence-corrected chi connectivity index (χ4v) is 6.25. The third-order valence-corrected chi connectivity index (χ3v) is 8.25. The van der Waals surface area contributed by atoms with Crippen LogP contribution in [0.3, 0.4) is 0 Å². The van der Waals surface area contributed by atoms with Crippen molar-refractivity contribution in [3.8, 4) is 0 Å². The molecule has 204 valence electrons. The summed E-state index contributed by atoms with van der Waals surface area (Å²) in [7, 11) is 3.02. The van der Waals surface area contributed by atoms with Gasteiger partial charge in [0.05, 0.1) is 49.3 Å². The molecule has 2 heterocycles. The van der Waals surface area contributed by atoms with Crippen LogP contribution in [0.25, 0.3) is 0 Å². The third-order valence-electron chi connectivity index (χ3n) is 8.25. The summed E-state index contributed by atoms with van der Waals surface area (Å²) in [6, 6.07) is 0. The number of fused-ring (bicyclic) bond motifs is 1. The van der Waals surface area contributed by atoms with Crippen LogP contribution in [-0.2, 0) is 23.7 Å². The molecular formula is C23H40O12. The fraction of sp³-hybridized carbons (Fsp3) is 1.00. The number of rotatable bonds is 6. The highest BCUT2D eigenvalue weighted by atomic mass is 16.7. The Morgan fingerprint density at radius 1 is 0.714 bits per heavy atom. The van der Waals surface area contributed by atoms with E-state index < -0.39 is 86.1 Å². The first-order valence-corrected chi connectivity index (χ1v) is 12.4. The van der Waals surface area contributed by atoms with Gasteiger partial charge >= 0.3 is 0 Å². The van der Waals surface area contributed by atoms with Gasteiger partial charge in [-0.1, -0.05) is 0 Å². The van der Waals surface area contributed by atoms with Gasteiger partial charge in [0.2, 0.25) is 0 Å². The maximum absolute atomic E-state index is 10.6. The lowest BCUT2D eigenvalue weighted by Gasteiger charge is -2.51. The predicted octanol–water partition coefficient (Wildman–Crippen LogP) is -2.74. The first kappa shape index (κ1) is 27.6. The van der Waals surface area contributed by atoms with E-state index in [4.69, 9.17) is 23.7 Å². The molecule has 13 atom stereocenters. The summed E-state index contributed by atoms with van der Waals surface area (Å²) in [4.78, 5) is 0. The number of hydrogen-bond acceptors (Lipinski definition) is 12. The highest BCUT2D eigenvalue weighted by Gasteiger charge is 2.52. The van der Waals surface area contributed by atoms with Crippen LogP contribution >= 0.6 is 0 Å². The third kappa shape index (κ3) is 5.54. The van der Waals surface area contributed by atoms with E-state index in [1.807, 2.05) is 0 Å². The topological polar surface area (TPSA) is 188 Å². The molecule has 12 heteroatoms. The quantitative estimate of drug-likeness (QED) is 0.196. The van der Waals surface area contributed by atoms with Crippen molar-refractivity contribution in [2.75, 3.05) is 20.8 Å². The molecule has 2 aliphatic carbocycles. The molecule has 0 aromatic carbocycles. The highest BCUT2D eigenvalue weighted by Crippen LogP contribution is 2.44. The molecule has 0 radical (unpaired) electrons. The Balaban J connectivity index is 1.58. The molecule has 0 bridgehead atoms. The van der Waals surface area contributed by atoms with Gasteiger partial charge in [0.1, 0.15) is 30.5 Å². The number of hydrogen-bond donors (Lipinski definition) is 7. The van der Waals surface area contributed by atoms with E-state index in [-0.39, 0.29) is 18.3 Å². The Kier molecular flexibility index (Phi) is 9.05. The molecular weight excluding hydrogens is 468 g/mol. The smallest absolute Gasteiger partial charge is 0.187 e. The second kappa shape index (κ2) is 11.5. The van der Waals surface area contributed by atoms with Crippen LogP contribution in [0.15, 0.2) is 0 Å². The normalized spacial score (nSPS) is 53.2. The molecule has 0 spiro atoms. The monoisotopic (exact) mass is 508 g/mol. The molecule has 4 rings (SSSR count). The average Bonchev–Trinajstić information content (AvgIpc) is 2.84. The van der Waals surface area contributed by atoms with E-state index >= 15 is 0 Å². The molecule has 12 nitrogen and oxygen atoms in total. The summed E-state index contributed by atoms with van der Waals surface area (Å²) in [5.41, 5.74) is 0. The van der Waals surface area contributed by atoms with Gasteiger partial charge in [-0.25, -0.2) is 0 Å². The summed E-state index contributed by atoms with van der Waals surface area (Å²) in [6.07, 6.45) is -10.4. The van der Waals surface area contributed by atoms with Gasteiger partial charge in [-0.15, -0.1) is 0 Å². The van der Waals surface area contributed by atoms with Crippen LogP contribution in [0.4, 0.5) is 0 Å². The van der Waals surface area contributed by atoms with Crippen molar-refractivity contribution in [3.05, 3.63) is 0 Å². The first-order valence-electron chi connectivity index (χ1n) is 12.4. The Labute approximate surface area is 204 Å². The molecule has 0 amide bonds. The predicted molar refractivity (Wildman–Crippen MR) is 117 cm³/mol. The Morgan fingerprint density at radius 2 is 1.37 bits per heavy atom. The molecule has 2 saturated heterocycles. The maximum atomic E-state index is 10.6. The summed E-state index contributed by atoms with van der Waals surface area (Å²) < 4.78 is 29.2. The van der Waals surface area contributed by atoms with Crippen LogP contribution in [-0.4, -0.2) is 136 Å². The minimum atomic E-state index is -1.59. The van der Waals surface area contributed by atoms with Crippen molar-refractivity contribution in [3.63, 3.8) is 0 Å². The SMILES string of the molecule is COC1CC(C2OC3CC(O)CC(O)C3CC2O[C@H]2O[C@@H](CO)[C@H](O)[C@@H](O)[C@@H]2O)CC(OC)C1O. The van der Waals surface area contributed by atoms with E-state index in [0.717, 1.165) is 0 Å². The second-order valence-electron chi connectivity index (χ2n) is 10.4. The molecule has 4 fully saturated rings. The van der Waals surface area contributed by atoms with Crippen molar-refractivity contribution in [1.82, 2.24) is 0 Å². The van der Waals surface area contributed by atoms with E-state index in [2.05, 4.69) is 0 Å². The van der Waals surface area contributed by atoms with Gasteiger partial charge in [0.25, 0.3) is 0 Å². The minimum Gasteiger partial charge on any atom is -0.394 e. The summed E-state index contributed by atoms with van der Waals surface area (Å²) in [5, 5.41) is 71.8. The fourth-order valence-electron chi connectivity index (χ4n) is 6.25. The molecule has 4 aliphatic rings. The van der Waals surface area contributed by atoms with Crippen LogP contribution < -0.4 is 0 Å². The zero-order valence-electron chi connectivity index (χ0n) is 20.1. The summed E-state index contributed by atoms with van der Waals surface area (Å²) >= 11 is 0. The number of aliphatic hydroxyl groups excluding tert-OH is 7. The number of ether oxygens (including phenoxy) is 5. The van der Waals surface area contributed by atoms with Gasteiger partial charge in [0, 0.05) is 20.1 Å². The van der Waals surface area contributed by atoms with Crippen molar-refractivity contribution < 1.29 is 59.4 Å². The zero-order chi connectivity index (χ0) is 25.4. The number of aliphatic hydroxyl groups is 7. The average molecular weight is 509 g/mol. The summed E-state index contributed by atoms with van der Waals surface area (Å²) in [6.45, 7) is -0.581. The van der Waals surface area contributed by atoms with Gasteiger partial charge in [-0.05, 0) is 38.0 Å². The Bertz CT molecular complexity index is 667. The van der Waals surface area contributed by atoms with Gasteiger partial charge in [0.15, 0.2) is 6.29 Å². The first-order chi connectivity index (χ1) is 16.7. The van der Waals surface area contributed by atoms with E-state index in [0.29, 0.717) is 25.7 Å².